The van der Waals surface area contributed by atoms with Crippen LogP contribution in [-0.2, 0) is 12.8 Å². The molecule has 0 amide bonds. The smallest absolute Gasteiger partial charge is 0.198 e. The number of rotatable bonds is 4. The Hall–Kier alpha value is -1.68. The van der Waals surface area contributed by atoms with E-state index < -0.39 is 0 Å². The standard InChI is InChI=1S/C13H15FN2O/c1-9(15)5-12-8-16-13(17-12)7-10-3-2-4-11(14)6-10/h2-4,6,8-9H,5,7,15H2,1H3. The first-order valence-corrected chi connectivity index (χ1v) is 5.57. The first kappa shape index (κ1) is 11.8. The highest BCUT2D eigenvalue weighted by atomic mass is 19.1. The fourth-order valence-electron chi connectivity index (χ4n) is 1.66. The van der Waals surface area contributed by atoms with Gasteiger partial charge in [-0.2, -0.15) is 0 Å². The normalized spacial score (nSPS) is 12.6. The van der Waals surface area contributed by atoms with Gasteiger partial charge in [0.2, 0.25) is 0 Å². The van der Waals surface area contributed by atoms with Crippen LogP contribution >= 0.6 is 0 Å². The van der Waals surface area contributed by atoms with E-state index in [2.05, 4.69) is 4.98 Å². The Bertz CT molecular complexity index is 494. The fraction of sp³-hybridized carbons (Fsp3) is 0.308. The van der Waals surface area contributed by atoms with Gasteiger partial charge in [-0.1, -0.05) is 12.1 Å². The summed E-state index contributed by atoms with van der Waals surface area (Å²) in [7, 11) is 0. The van der Waals surface area contributed by atoms with Gasteiger partial charge in [0.15, 0.2) is 5.89 Å². The number of nitrogens with two attached hydrogens (primary N) is 1. The van der Waals surface area contributed by atoms with E-state index in [9.17, 15) is 4.39 Å². The number of nitrogens with zero attached hydrogens (tertiary/aromatic N) is 1. The van der Waals surface area contributed by atoms with Gasteiger partial charge in [0, 0.05) is 18.9 Å². The third-order valence-corrected chi connectivity index (χ3v) is 2.37. The van der Waals surface area contributed by atoms with Crippen LogP contribution in [0.4, 0.5) is 4.39 Å². The van der Waals surface area contributed by atoms with E-state index in [1.54, 1.807) is 12.3 Å². The molecule has 0 aliphatic carbocycles. The summed E-state index contributed by atoms with van der Waals surface area (Å²) in [6, 6.07) is 6.47. The first-order chi connectivity index (χ1) is 8.13. The molecular formula is C13H15FN2O. The Morgan fingerprint density at radius 2 is 2.29 bits per heavy atom. The number of aromatic nitrogens is 1. The summed E-state index contributed by atoms with van der Waals surface area (Å²) >= 11 is 0. The highest BCUT2D eigenvalue weighted by molar-refractivity contribution is 5.19. The van der Waals surface area contributed by atoms with Crippen LogP contribution in [0.3, 0.4) is 0 Å². The molecule has 1 unspecified atom stereocenters. The average Bonchev–Trinajstić information content (AvgIpc) is 2.64. The van der Waals surface area contributed by atoms with Crippen molar-refractivity contribution in [1.82, 2.24) is 4.98 Å². The molecule has 0 aliphatic rings. The van der Waals surface area contributed by atoms with Crippen molar-refractivity contribution in [2.75, 3.05) is 0 Å². The van der Waals surface area contributed by atoms with Crippen LogP contribution in [0, 0.1) is 5.82 Å². The number of hydrogen-bond acceptors (Lipinski definition) is 3. The third-order valence-electron chi connectivity index (χ3n) is 2.37. The van der Waals surface area contributed by atoms with Crippen LogP contribution in [0.1, 0.15) is 24.1 Å². The molecule has 2 N–H and O–H groups in total. The lowest BCUT2D eigenvalue weighted by atomic mass is 10.1. The second kappa shape index (κ2) is 5.10. The highest BCUT2D eigenvalue weighted by Gasteiger charge is 2.07. The second-order valence-electron chi connectivity index (χ2n) is 4.21. The van der Waals surface area contributed by atoms with Crippen molar-refractivity contribution in [3.05, 3.63) is 53.5 Å². The molecule has 1 heterocycles. The van der Waals surface area contributed by atoms with E-state index in [0.29, 0.717) is 18.7 Å². The molecule has 0 fully saturated rings. The first-order valence-electron chi connectivity index (χ1n) is 5.57. The van der Waals surface area contributed by atoms with Gasteiger partial charge in [0.25, 0.3) is 0 Å². The van der Waals surface area contributed by atoms with Crippen LogP contribution < -0.4 is 5.73 Å². The average molecular weight is 234 g/mol. The van der Waals surface area contributed by atoms with Crippen LogP contribution in [0.25, 0.3) is 0 Å². The molecule has 1 aromatic heterocycles. The molecule has 17 heavy (non-hydrogen) atoms. The molecule has 1 aromatic carbocycles. The molecule has 1 atom stereocenters. The maximum atomic E-state index is 13.0. The van der Waals surface area contributed by atoms with E-state index >= 15 is 0 Å². The molecule has 0 aliphatic heterocycles. The Morgan fingerprint density at radius 3 is 3.00 bits per heavy atom. The molecule has 2 rings (SSSR count). The number of benzene rings is 1. The van der Waals surface area contributed by atoms with Crippen LogP contribution in [0.2, 0.25) is 0 Å². The van der Waals surface area contributed by atoms with Crippen LogP contribution in [0.15, 0.2) is 34.9 Å². The molecule has 0 saturated heterocycles. The molecular weight excluding hydrogens is 219 g/mol. The molecule has 0 bridgehead atoms. The van der Waals surface area contributed by atoms with Crippen molar-refractivity contribution >= 4 is 0 Å². The summed E-state index contributed by atoms with van der Waals surface area (Å²) in [6.45, 7) is 1.91. The van der Waals surface area contributed by atoms with Gasteiger partial charge in [-0.05, 0) is 24.6 Å². The maximum Gasteiger partial charge on any atom is 0.198 e. The highest BCUT2D eigenvalue weighted by Crippen LogP contribution is 2.12. The Kier molecular flexibility index (Phi) is 3.54. The lowest BCUT2D eigenvalue weighted by Crippen LogP contribution is -2.17. The van der Waals surface area contributed by atoms with Gasteiger partial charge in [-0.25, -0.2) is 9.37 Å². The zero-order valence-electron chi connectivity index (χ0n) is 9.69. The van der Waals surface area contributed by atoms with Gasteiger partial charge in [-0.3, -0.25) is 0 Å². The SMILES string of the molecule is CC(N)Cc1cnc(Cc2cccc(F)c2)o1. The van der Waals surface area contributed by atoms with Crippen LogP contribution in [0.5, 0.6) is 0 Å². The van der Waals surface area contributed by atoms with Gasteiger partial charge < -0.3 is 10.2 Å². The van der Waals surface area contributed by atoms with Crippen molar-refractivity contribution in [3.8, 4) is 0 Å². The summed E-state index contributed by atoms with van der Waals surface area (Å²) in [5, 5.41) is 0. The predicted molar refractivity (Wildman–Crippen MR) is 63.1 cm³/mol. The minimum Gasteiger partial charge on any atom is -0.445 e. The summed E-state index contributed by atoms with van der Waals surface area (Å²) in [5.74, 6) is 1.11. The molecule has 0 spiro atoms. The summed E-state index contributed by atoms with van der Waals surface area (Å²) in [5.41, 5.74) is 6.52. The van der Waals surface area contributed by atoms with E-state index in [1.807, 2.05) is 13.0 Å². The number of oxazole rings is 1. The molecule has 2 aromatic rings. The lowest BCUT2D eigenvalue weighted by Gasteiger charge is -2.00. The zero-order chi connectivity index (χ0) is 12.3. The fourth-order valence-corrected chi connectivity index (χ4v) is 1.66. The van der Waals surface area contributed by atoms with Crippen molar-refractivity contribution in [1.29, 1.82) is 0 Å². The van der Waals surface area contributed by atoms with Gasteiger partial charge in [-0.15, -0.1) is 0 Å². The quantitative estimate of drug-likeness (QED) is 0.883. The van der Waals surface area contributed by atoms with Crippen molar-refractivity contribution in [2.24, 2.45) is 5.73 Å². The van der Waals surface area contributed by atoms with E-state index in [1.165, 1.54) is 12.1 Å². The number of halogens is 1. The molecule has 4 heteroatoms. The monoisotopic (exact) mass is 234 g/mol. The summed E-state index contributed by atoms with van der Waals surface area (Å²) in [4.78, 5) is 4.15. The summed E-state index contributed by atoms with van der Waals surface area (Å²) in [6.07, 6.45) is 2.84. The maximum absolute atomic E-state index is 13.0. The molecule has 90 valence electrons. The minimum absolute atomic E-state index is 0.0463. The third kappa shape index (κ3) is 3.39. The minimum atomic E-state index is -0.245. The Balaban J connectivity index is 2.06. The van der Waals surface area contributed by atoms with Crippen molar-refractivity contribution in [2.45, 2.75) is 25.8 Å². The zero-order valence-corrected chi connectivity index (χ0v) is 9.69. The second-order valence-corrected chi connectivity index (χ2v) is 4.21. The van der Waals surface area contributed by atoms with Crippen LogP contribution in [-0.4, -0.2) is 11.0 Å². The number of hydrogen-bond donors (Lipinski definition) is 1. The molecule has 0 saturated carbocycles. The van der Waals surface area contributed by atoms with E-state index in [4.69, 9.17) is 10.2 Å². The molecule has 3 nitrogen and oxygen atoms in total. The lowest BCUT2D eigenvalue weighted by molar-refractivity contribution is 0.452. The Morgan fingerprint density at radius 1 is 1.47 bits per heavy atom. The van der Waals surface area contributed by atoms with E-state index in [-0.39, 0.29) is 11.9 Å². The van der Waals surface area contributed by atoms with Gasteiger partial charge in [0.1, 0.15) is 11.6 Å². The van der Waals surface area contributed by atoms with Gasteiger partial charge in [0.05, 0.1) is 6.20 Å². The topological polar surface area (TPSA) is 52.0 Å². The Labute approximate surface area is 99.5 Å². The van der Waals surface area contributed by atoms with Crippen molar-refractivity contribution in [3.63, 3.8) is 0 Å². The summed E-state index contributed by atoms with van der Waals surface area (Å²) < 4.78 is 18.5. The largest absolute Gasteiger partial charge is 0.445 e. The molecule has 0 radical (unpaired) electrons. The predicted octanol–water partition coefficient (Wildman–Crippen LogP) is 2.29. The van der Waals surface area contributed by atoms with Gasteiger partial charge >= 0.3 is 0 Å². The van der Waals surface area contributed by atoms with E-state index in [0.717, 1.165) is 11.3 Å². The van der Waals surface area contributed by atoms with Crippen molar-refractivity contribution < 1.29 is 8.81 Å².